The first-order valence-electron chi connectivity index (χ1n) is 7.08. The van der Waals surface area contributed by atoms with Gasteiger partial charge in [-0.15, -0.1) is 0 Å². The van der Waals surface area contributed by atoms with Crippen LogP contribution in [0.1, 0.15) is 30.6 Å². The normalized spacial score (nSPS) is 12.3. The number of hydrogen-bond acceptors (Lipinski definition) is 3. The Balaban J connectivity index is 1.89. The minimum absolute atomic E-state index is 0.383. The summed E-state index contributed by atoms with van der Waals surface area (Å²) in [6.07, 6.45) is 3.90. The van der Waals surface area contributed by atoms with Gasteiger partial charge in [0.15, 0.2) is 0 Å². The molecule has 0 saturated carbocycles. The van der Waals surface area contributed by atoms with Crippen molar-refractivity contribution >= 4 is 0 Å². The lowest BCUT2D eigenvalue weighted by atomic mass is 10.0. The third-order valence-corrected chi connectivity index (χ3v) is 3.62. The Bertz CT molecular complexity index is 519. The first kappa shape index (κ1) is 14.6. The fourth-order valence-electron chi connectivity index (χ4n) is 2.36. The van der Waals surface area contributed by atoms with Gasteiger partial charge in [0.05, 0.1) is 7.11 Å². The summed E-state index contributed by atoms with van der Waals surface area (Å²) in [5.74, 6) is 0.901. The lowest BCUT2D eigenvalue weighted by Crippen LogP contribution is -2.23. The zero-order valence-corrected chi connectivity index (χ0v) is 12.5. The number of nitrogens with one attached hydrogen (secondary N) is 1. The number of hydrogen-bond donors (Lipinski definition) is 1. The van der Waals surface area contributed by atoms with Crippen LogP contribution in [-0.2, 0) is 13.5 Å². The second-order valence-electron chi connectivity index (χ2n) is 4.88. The first-order chi connectivity index (χ1) is 9.74. The predicted molar refractivity (Wildman–Crippen MR) is 80.9 cm³/mol. The summed E-state index contributed by atoms with van der Waals surface area (Å²) in [7, 11) is 3.68. The topological polar surface area (TPSA) is 39.1 Å². The molecule has 4 nitrogen and oxygen atoms in total. The lowest BCUT2D eigenvalue weighted by Gasteiger charge is -2.17. The molecule has 1 aromatic heterocycles. The Kier molecular flexibility index (Phi) is 5.18. The number of benzene rings is 1. The van der Waals surface area contributed by atoms with Crippen LogP contribution >= 0.6 is 0 Å². The highest BCUT2D eigenvalue weighted by atomic mass is 16.5. The van der Waals surface area contributed by atoms with Crippen molar-refractivity contribution < 1.29 is 4.74 Å². The van der Waals surface area contributed by atoms with Crippen molar-refractivity contribution in [2.75, 3.05) is 13.7 Å². The molecule has 1 atom stereocenters. The van der Waals surface area contributed by atoms with Gasteiger partial charge in [-0.2, -0.15) is 5.10 Å². The minimum Gasteiger partial charge on any atom is -0.497 e. The second kappa shape index (κ2) is 7.10. The molecule has 1 aromatic carbocycles. The van der Waals surface area contributed by atoms with E-state index in [0.29, 0.717) is 6.04 Å². The number of ether oxygens (including phenoxy) is 1. The van der Waals surface area contributed by atoms with Gasteiger partial charge in [-0.1, -0.05) is 19.1 Å². The number of aromatic nitrogens is 2. The van der Waals surface area contributed by atoms with Crippen LogP contribution in [0.5, 0.6) is 5.75 Å². The number of aryl methyl sites for hydroxylation is 1. The summed E-state index contributed by atoms with van der Waals surface area (Å²) in [4.78, 5) is 0. The van der Waals surface area contributed by atoms with Crippen molar-refractivity contribution in [3.63, 3.8) is 0 Å². The fourth-order valence-corrected chi connectivity index (χ4v) is 2.36. The zero-order chi connectivity index (χ0) is 14.4. The van der Waals surface area contributed by atoms with Crippen LogP contribution in [0.25, 0.3) is 0 Å². The van der Waals surface area contributed by atoms with Crippen molar-refractivity contribution in [2.24, 2.45) is 7.05 Å². The Hall–Kier alpha value is -1.81. The predicted octanol–water partition coefficient (Wildman–Crippen LogP) is 2.71. The lowest BCUT2D eigenvalue weighted by molar-refractivity contribution is 0.414. The molecule has 0 aliphatic carbocycles. The largest absolute Gasteiger partial charge is 0.497 e. The molecule has 0 fully saturated rings. The molecule has 0 aliphatic rings. The number of nitrogens with zero attached hydrogens (tertiary/aromatic N) is 2. The molecule has 0 amide bonds. The minimum atomic E-state index is 0.383. The molecule has 1 unspecified atom stereocenters. The van der Waals surface area contributed by atoms with Crippen LogP contribution in [-0.4, -0.2) is 23.4 Å². The molecule has 0 spiro atoms. The monoisotopic (exact) mass is 273 g/mol. The average molecular weight is 273 g/mol. The van der Waals surface area contributed by atoms with Crippen molar-refractivity contribution in [2.45, 2.75) is 25.8 Å². The Morgan fingerprint density at radius 1 is 1.25 bits per heavy atom. The van der Waals surface area contributed by atoms with Gasteiger partial charge in [-0.3, -0.25) is 4.68 Å². The smallest absolute Gasteiger partial charge is 0.118 e. The Morgan fingerprint density at radius 3 is 2.55 bits per heavy atom. The van der Waals surface area contributed by atoms with E-state index in [1.54, 1.807) is 7.11 Å². The highest BCUT2D eigenvalue weighted by Gasteiger charge is 2.09. The SMILES string of the molecule is CCC(NCCc1ccnn1C)c1ccc(OC)cc1. The van der Waals surface area contributed by atoms with Gasteiger partial charge >= 0.3 is 0 Å². The quantitative estimate of drug-likeness (QED) is 0.843. The molecular formula is C16H23N3O. The zero-order valence-electron chi connectivity index (χ0n) is 12.5. The van der Waals surface area contributed by atoms with Crippen molar-refractivity contribution in [3.05, 3.63) is 47.8 Å². The molecule has 0 bridgehead atoms. The van der Waals surface area contributed by atoms with E-state index >= 15 is 0 Å². The molecule has 0 radical (unpaired) electrons. The van der Waals surface area contributed by atoms with E-state index in [4.69, 9.17) is 4.74 Å². The van der Waals surface area contributed by atoms with E-state index in [9.17, 15) is 0 Å². The van der Waals surface area contributed by atoms with Crippen LogP contribution in [0, 0.1) is 0 Å². The summed E-state index contributed by atoms with van der Waals surface area (Å²) in [6.45, 7) is 3.15. The average Bonchev–Trinajstić information content (AvgIpc) is 2.89. The van der Waals surface area contributed by atoms with Crippen LogP contribution in [0.3, 0.4) is 0 Å². The maximum absolute atomic E-state index is 5.20. The van der Waals surface area contributed by atoms with E-state index in [-0.39, 0.29) is 0 Å². The van der Waals surface area contributed by atoms with Gasteiger partial charge in [-0.05, 0) is 30.2 Å². The van der Waals surface area contributed by atoms with E-state index in [2.05, 4.69) is 35.5 Å². The highest BCUT2D eigenvalue weighted by molar-refractivity contribution is 5.29. The van der Waals surface area contributed by atoms with Gasteiger partial charge in [0.2, 0.25) is 0 Å². The molecule has 4 heteroatoms. The maximum atomic E-state index is 5.20. The molecule has 20 heavy (non-hydrogen) atoms. The fraction of sp³-hybridized carbons (Fsp3) is 0.438. The van der Waals surface area contributed by atoms with Gasteiger partial charge in [0.25, 0.3) is 0 Å². The van der Waals surface area contributed by atoms with E-state index in [1.165, 1.54) is 11.3 Å². The summed E-state index contributed by atoms with van der Waals surface area (Å²) >= 11 is 0. The first-order valence-corrected chi connectivity index (χ1v) is 7.08. The van der Waals surface area contributed by atoms with Crippen molar-refractivity contribution in [3.8, 4) is 5.75 Å². The highest BCUT2D eigenvalue weighted by Crippen LogP contribution is 2.19. The third-order valence-electron chi connectivity index (χ3n) is 3.62. The third kappa shape index (κ3) is 3.61. The molecule has 1 N–H and O–H groups in total. The van der Waals surface area contributed by atoms with E-state index in [0.717, 1.165) is 25.1 Å². The van der Waals surface area contributed by atoms with E-state index < -0.39 is 0 Å². The Labute approximate surface area is 120 Å². The molecule has 108 valence electrons. The van der Waals surface area contributed by atoms with Crippen LogP contribution in [0.2, 0.25) is 0 Å². The number of rotatable bonds is 7. The van der Waals surface area contributed by atoms with Gasteiger partial charge in [0.1, 0.15) is 5.75 Å². The van der Waals surface area contributed by atoms with Gasteiger partial charge < -0.3 is 10.1 Å². The number of methoxy groups -OCH3 is 1. The Morgan fingerprint density at radius 2 is 2.00 bits per heavy atom. The van der Waals surface area contributed by atoms with Crippen LogP contribution < -0.4 is 10.1 Å². The second-order valence-corrected chi connectivity index (χ2v) is 4.88. The maximum Gasteiger partial charge on any atom is 0.118 e. The molecule has 2 aromatic rings. The molecule has 1 heterocycles. The van der Waals surface area contributed by atoms with Crippen LogP contribution in [0.15, 0.2) is 36.5 Å². The molecule has 2 rings (SSSR count). The summed E-state index contributed by atoms with van der Waals surface area (Å²) < 4.78 is 7.12. The molecular weight excluding hydrogens is 250 g/mol. The summed E-state index contributed by atoms with van der Waals surface area (Å²) in [6, 6.07) is 10.7. The standard InChI is InChI=1S/C16H23N3O/c1-4-16(13-5-7-15(20-3)8-6-13)17-11-9-14-10-12-18-19(14)2/h5-8,10,12,16-17H,4,9,11H2,1-3H3. The summed E-state index contributed by atoms with van der Waals surface area (Å²) in [5.41, 5.74) is 2.56. The molecule has 0 aliphatic heterocycles. The van der Waals surface area contributed by atoms with Gasteiger partial charge in [0, 0.05) is 37.9 Å². The van der Waals surface area contributed by atoms with E-state index in [1.807, 2.05) is 30.1 Å². The summed E-state index contributed by atoms with van der Waals surface area (Å²) in [5, 5.41) is 7.79. The van der Waals surface area contributed by atoms with Gasteiger partial charge in [-0.25, -0.2) is 0 Å². The molecule has 0 saturated heterocycles. The van der Waals surface area contributed by atoms with Crippen molar-refractivity contribution in [1.82, 2.24) is 15.1 Å². The van der Waals surface area contributed by atoms with Crippen molar-refractivity contribution in [1.29, 1.82) is 0 Å². The van der Waals surface area contributed by atoms with Crippen LogP contribution in [0.4, 0.5) is 0 Å².